The third-order valence-corrected chi connectivity index (χ3v) is 7.46. The van der Waals surface area contributed by atoms with E-state index in [1.165, 1.54) is 18.3 Å². The highest BCUT2D eigenvalue weighted by Crippen LogP contribution is 2.56. The summed E-state index contributed by atoms with van der Waals surface area (Å²) in [5, 5.41) is 13.3. The van der Waals surface area contributed by atoms with Gasteiger partial charge in [0, 0.05) is 36.3 Å². The molecule has 1 saturated heterocycles. The van der Waals surface area contributed by atoms with Gasteiger partial charge >= 0.3 is 12.3 Å². The van der Waals surface area contributed by atoms with Crippen LogP contribution in [-0.4, -0.2) is 40.7 Å². The van der Waals surface area contributed by atoms with Crippen LogP contribution in [0.5, 0.6) is 5.75 Å². The van der Waals surface area contributed by atoms with Crippen molar-refractivity contribution in [3.63, 3.8) is 0 Å². The Morgan fingerprint density at radius 2 is 1.86 bits per heavy atom. The number of carboxylic acids is 1. The Kier molecular flexibility index (Phi) is 5.50. The first-order valence-electron chi connectivity index (χ1n) is 12.2. The van der Waals surface area contributed by atoms with E-state index in [0.29, 0.717) is 5.69 Å². The second-order valence-electron chi connectivity index (χ2n) is 9.99. The number of rotatable bonds is 6. The van der Waals surface area contributed by atoms with Crippen LogP contribution in [0.1, 0.15) is 59.7 Å². The summed E-state index contributed by atoms with van der Waals surface area (Å²) in [5.41, 5.74) is 2.67. The number of aromatic nitrogens is 2. The van der Waals surface area contributed by atoms with Gasteiger partial charge < -0.3 is 19.3 Å². The molecule has 1 aromatic carbocycles. The lowest BCUT2D eigenvalue weighted by molar-refractivity contribution is -0.274. The van der Waals surface area contributed by atoms with Crippen molar-refractivity contribution >= 4 is 17.4 Å². The lowest BCUT2D eigenvalue weighted by atomic mass is 9.63. The van der Waals surface area contributed by atoms with Gasteiger partial charge in [-0.3, -0.25) is 0 Å². The first kappa shape index (κ1) is 23.6. The number of aromatic carboxylic acids is 1. The van der Waals surface area contributed by atoms with Crippen LogP contribution in [0.25, 0.3) is 16.8 Å². The van der Waals surface area contributed by atoms with E-state index in [0.717, 1.165) is 67.9 Å². The highest BCUT2D eigenvalue weighted by atomic mass is 19.4. The van der Waals surface area contributed by atoms with E-state index in [2.05, 4.69) is 25.9 Å². The molecular weight excluding hydrogens is 487 g/mol. The molecular formula is C27H24F3N3O4. The van der Waals surface area contributed by atoms with Gasteiger partial charge in [0.2, 0.25) is 0 Å². The molecule has 37 heavy (non-hydrogen) atoms. The molecule has 1 saturated carbocycles. The van der Waals surface area contributed by atoms with Crippen LogP contribution in [0.3, 0.4) is 0 Å². The van der Waals surface area contributed by atoms with E-state index in [9.17, 15) is 18.0 Å². The normalized spacial score (nSPS) is 18.9. The fourth-order valence-electron chi connectivity index (χ4n) is 5.38. The average Bonchev–Trinajstić information content (AvgIpc) is 3.61. The number of benzene rings is 1. The van der Waals surface area contributed by atoms with Crippen LogP contribution in [-0.2, 0) is 0 Å². The van der Waals surface area contributed by atoms with Crippen molar-refractivity contribution in [2.24, 2.45) is 5.41 Å². The Bertz CT molecular complexity index is 1370. The van der Waals surface area contributed by atoms with Crippen LogP contribution in [0, 0.1) is 5.41 Å². The average molecular weight is 512 g/mol. The number of para-hydroxylation sites is 1. The third kappa shape index (κ3) is 4.56. The molecule has 1 N–H and O–H groups in total. The number of pyridine rings is 1. The molecule has 0 unspecified atom stereocenters. The summed E-state index contributed by atoms with van der Waals surface area (Å²) in [6.45, 7) is 1.55. The molecule has 0 radical (unpaired) electrons. The third-order valence-electron chi connectivity index (χ3n) is 7.46. The summed E-state index contributed by atoms with van der Waals surface area (Å²) >= 11 is 0. The Balaban J connectivity index is 1.25. The Morgan fingerprint density at radius 1 is 1.14 bits per heavy atom. The van der Waals surface area contributed by atoms with Gasteiger partial charge in [0.15, 0.2) is 0 Å². The fourth-order valence-corrected chi connectivity index (χ4v) is 5.38. The van der Waals surface area contributed by atoms with Crippen LogP contribution < -0.4 is 9.64 Å². The number of halogens is 3. The second-order valence-corrected chi connectivity index (χ2v) is 9.99. The number of nitrogens with zero attached hydrogens (tertiary/aromatic N) is 3. The van der Waals surface area contributed by atoms with Crippen molar-refractivity contribution in [1.82, 2.24) is 10.1 Å². The zero-order chi connectivity index (χ0) is 25.8. The Labute approximate surface area is 210 Å². The highest BCUT2D eigenvalue weighted by molar-refractivity contribution is 5.87. The fraction of sp³-hybridized carbons (Fsp3) is 0.370. The largest absolute Gasteiger partial charge is 0.573 e. The standard InChI is InChI=1S/C27H24F3N3O4/c28-27(29,30)36-20-4-2-1-3-19(20)23-22(24(37-32-23)16-5-6-16)18-13-26(14-18)9-11-33(12-10-26)21-8-7-17(15-31-21)25(34)35/h1-4,7-8,13,15-16H,5-6,9-12,14H2,(H,34,35). The minimum absolute atomic E-state index is 0.00415. The predicted octanol–water partition coefficient (Wildman–Crippen LogP) is 6.28. The zero-order valence-corrected chi connectivity index (χ0v) is 19.8. The number of alkyl halides is 3. The van der Waals surface area contributed by atoms with Crippen molar-refractivity contribution in [2.75, 3.05) is 18.0 Å². The van der Waals surface area contributed by atoms with Crippen molar-refractivity contribution in [2.45, 2.75) is 44.4 Å². The van der Waals surface area contributed by atoms with Gasteiger partial charge in [0.05, 0.1) is 5.56 Å². The molecule has 3 heterocycles. The maximum absolute atomic E-state index is 13.1. The topological polar surface area (TPSA) is 88.7 Å². The molecule has 0 bridgehead atoms. The molecule has 6 rings (SSSR count). The molecule has 192 valence electrons. The van der Waals surface area contributed by atoms with Crippen molar-refractivity contribution in [3.05, 3.63) is 65.6 Å². The number of carbonyl (C=O) groups is 1. The zero-order valence-electron chi connectivity index (χ0n) is 19.8. The van der Waals surface area contributed by atoms with Crippen LogP contribution in [0.2, 0.25) is 0 Å². The highest BCUT2D eigenvalue weighted by Gasteiger charge is 2.44. The molecule has 7 nitrogen and oxygen atoms in total. The summed E-state index contributed by atoms with van der Waals surface area (Å²) in [5.74, 6) is 0.442. The molecule has 2 aromatic heterocycles. The number of hydrogen-bond acceptors (Lipinski definition) is 6. The van der Waals surface area contributed by atoms with Gasteiger partial charge in [-0.25, -0.2) is 9.78 Å². The molecule has 0 amide bonds. The van der Waals surface area contributed by atoms with Gasteiger partial charge in [0.25, 0.3) is 0 Å². The van der Waals surface area contributed by atoms with E-state index in [1.54, 1.807) is 24.3 Å². The van der Waals surface area contributed by atoms with Gasteiger partial charge in [-0.05, 0) is 67.4 Å². The molecule has 2 fully saturated rings. The number of piperidine rings is 1. The second kappa shape index (κ2) is 8.64. The maximum atomic E-state index is 13.1. The molecule has 10 heteroatoms. The predicted molar refractivity (Wildman–Crippen MR) is 128 cm³/mol. The Morgan fingerprint density at radius 3 is 2.49 bits per heavy atom. The van der Waals surface area contributed by atoms with E-state index in [4.69, 9.17) is 9.63 Å². The summed E-state index contributed by atoms with van der Waals surface area (Å²) in [6.07, 6.45) is 3.33. The molecule has 2 aliphatic carbocycles. The van der Waals surface area contributed by atoms with Crippen molar-refractivity contribution in [1.29, 1.82) is 0 Å². The molecule has 1 spiro atoms. The van der Waals surface area contributed by atoms with Gasteiger partial charge in [0.1, 0.15) is 23.0 Å². The summed E-state index contributed by atoms with van der Waals surface area (Å²) < 4.78 is 49.2. The van der Waals surface area contributed by atoms with Gasteiger partial charge in [-0.2, -0.15) is 0 Å². The van der Waals surface area contributed by atoms with Crippen molar-refractivity contribution < 1.29 is 32.3 Å². The monoisotopic (exact) mass is 511 g/mol. The lowest BCUT2D eigenvalue weighted by Crippen LogP contribution is -2.42. The minimum atomic E-state index is -4.81. The minimum Gasteiger partial charge on any atom is -0.478 e. The van der Waals surface area contributed by atoms with Crippen molar-refractivity contribution in [3.8, 4) is 17.0 Å². The van der Waals surface area contributed by atoms with Crippen LogP contribution in [0.15, 0.2) is 53.2 Å². The molecule has 3 aromatic rings. The van der Waals surface area contributed by atoms with Gasteiger partial charge in [-0.15, -0.1) is 13.2 Å². The quantitative estimate of drug-likeness (QED) is 0.416. The number of hydrogen-bond donors (Lipinski definition) is 1. The maximum Gasteiger partial charge on any atom is 0.573 e. The SMILES string of the molecule is O=C(O)c1ccc(N2CCC3(C=C(c4c(-c5ccccc5OC(F)(F)F)noc4C4CC4)C3)CC2)nc1. The summed E-state index contributed by atoms with van der Waals surface area (Å²) in [6, 6.07) is 9.33. The van der Waals surface area contributed by atoms with E-state index < -0.39 is 12.3 Å². The smallest absolute Gasteiger partial charge is 0.478 e. The summed E-state index contributed by atoms with van der Waals surface area (Å²) in [7, 11) is 0. The number of carboxylic acid groups (broad SMARTS) is 1. The van der Waals surface area contributed by atoms with E-state index in [1.807, 2.05) is 0 Å². The number of allylic oxidation sites excluding steroid dienone is 2. The number of ether oxygens (including phenoxy) is 1. The Hall–Kier alpha value is -3.82. The number of anilines is 1. The summed E-state index contributed by atoms with van der Waals surface area (Å²) in [4.78, 5) is 17.5. The first-order valence-corrected chi connectivity index (χ1v) is 12.2. The van der Waals surface area contributed by atoms with Gasteiger partial charge in [-0.1, -0.05) is 23.4 Å². The molecule has 1 aliphatic heterocycles. The first-order chi connectivity index (χ1) is 17.7. The van der Waals surface area contributed by atoms with Crippen LogP contribution in [0.4, 0.5) is 19.0 Å². The molecule has 0 atom stereocenters. The lowest BCUT2D eigenvalue weighted by Gasteiger charge is -2.46. The van der Waals surface area contributed by atoms with E-state index >= 15 is 0 Å². The molecule has 3 aliphatic rings. The van der Waals surface area contributed by atoms with Crippen LogP contribution >= 0.6 is 0 Å². The van der Waals surface area contributed by atoms with E-state index in [-0.39, 0.29) is 28.2 Å².